The first-order valence-corrected chi connectivity index (χ1v) is 5.72. The van der Waals surface area contributed by atoms with E-state index in [0.29, 0.717) is 12.8 Å². The molecule has 0 aromatic carbocycles. The Morgan fingerprint density at radius 1 is 1.31 bits per heavy atom. The topological polar surface area (TPSA) is 63.4 Å². The van der Waals surface area contributed by atoms with E-state index < -0.39 is 6.04 Å². The van der Waals surface area contributed by atoms with Crippen LogP contribution < -0.4 is 5.73 Å². The van der Waals surface area contributed by atoms with Crippen LogP contribution in [0.3, 0.4) is 0 Å². The third kappa shape index (κ3) is 4.31. The van der Waals surface area contributed by atoms with Crippen LogP contribution in [0.1, 0.15) is 40.0 Å². The number of nitrogens with two attached hydrogens (primary N) is 1. The molecule has 0 aromatic heterocycles. The number of amides is 1. The van der Waals surface area contributed by atoms with Gasteiger partial charge in [0.15, 0.2) is 5.78 Å². The van der Waals surface area contributed by atoms with E-state index in [1.54, 1.807) is 14.1 Å². The lowest BCUT2D eigenvalue weighted by Crippen LogP contribution is -2.40. The van der Waals surface area contributed by atoms with E-state index in [-0.39, 0.29) is 17.1 Å². The van der Waals surface area contributed by atoms with Crippen molar-refractivity contribution in [2.24, 2.45) is 11.1 Å². The maximum atomic E-state index is 11.9. The smallest absolute Gasteiger partial charge is 0.222 e. The van der Waals surface area contributed by atoms with Crippen molar-refractivity contribution in [3.05, 3.63) is 0 Å². The Morgan fingerprint density at radius 3 is 2.19 bits per heavy atom. The maximum Gasteiger partial charge on any atom is 0.222 e. The Bertz CT molecular complexity index is 260. The molecule has 4 heteroatoms. The molecule has 0 aromatic rings. The zero-order valence-electron chi connectivity index (χ0n) is 11.0. The van der Waals surface area contributed by atoms with E-state index >= 15 is 0 Å². The van der Waals surface area contributed by atoms with Crippen LogP contribution in [-0.4, -0.2) is 36.7 Å². The van der Waals surface area contributed by atoms with Gasteiger partial charge < -0.3 is 10.6 Å². The minimum atomic E-state index is -0.529. The molecule has 0 radical (unpaired) electrons. The number of rotatable bonds is 6. The summed E-state index contributed by atoms with van der Waals surface area (Å²) in [6.07, 6.45) is 1.53. The van der Waals surface area contributed by atoms with Gasteiger partial charge in [-0.2, -0.15) is 0 Å². The summed E-state index contributed by atoms with van der Waals surface area (Å²) in [5, 5.41) is 0. The first-order chi connectivity index (χ1) is 7.22. The average Bonchev–Trinajstić information content (AvgIpc) is 2.23. The number of nitrogens with zero attached hydrogens (tertiary/aromatic N) is 1. The molecular formula is C12H24N2O2. The molecule has 0 spiro atoms. The monoisotopic (exact) mass is 228 g/mol. The number of Topliss-reactive ketones (excluding diaryl/α,β-unsaturated/α-hetero) is 1. The molecule has 0 aliphatic carbocycles. The van der Waals surface area contributed by atoms with Gasteiger partial charge in [-0.25, -0.2) is 0 Å². The summed E-state index contributed by atoms with van der Waals surface area (Å²) < 4.78 is 0. The van der Waals surface area contributed by atoms with Gasteiger partial charge in [-0.05, 0) is 12.8 Å². The predicted molar refractivity (Wildman–Crippen MR) is 65.0 cm³/mol. The summed E-state index contributed by atoms with van der Waals surface area (Å²) in [5.41, 5.74) is 5.42. The predicted octanol–water partition coefficient (Wildman–Crippen LogP) is 1.19. The van der Waals surface area contributed by atoms with Crippen LogP contribution in [0.15, 0.2) is 0 Å². The minimum absolute atomic E-state index is 0.0116. The standard InChI is InChI=1S/C12H24N2O2/c1-6-12(2,3)11(16)9(13)7-8-10(15)14(4)5/h9H,6-8,13H2,1-5H3. The van der Waals surface area contributed by atoms with Gasteiger partial charge in [0.1, 0.15) is 0 Å². The normalized spacial score (nSPS) is 13.4. The molecular weight excluding hydrogens is 204 g/mol. The van der Waals surface area contributed by atoms with Crippen molar-refractivity contribution in [2.45, 2.75) is 46.1 Å². The van der Waals surface area contributed by atoms with Crippen molar-refractivity contribution in [2.75, 3.05) is 14.1 Å². The van der Waals surface area contributed by atoms with Crippen LogP contribution in [0.25, 0.3) is 0 Å². The molecule has 4 nitrogen and oxygen atoms in total. The van der Waals surface area contributed by atoms with Crippen LogP contribution in [0.4, 0.5) is 0 Å². The van der Waals surface area contributed by atoms with E-state index in [9.17, 15) is 9.59 Å². The molecule has 0 rings (SSSR count). The number of hydrogen-bond acceptors (Lipinski definition) is 3. The minimum Gasteiger partial charge on any atom is -0.349 e. The van der Waals surface area contributed by atoms with Gasteiger partial charge in [0, 0.05) is 25.9 Å². The number of carbonyl (C=O) groups is 2. The van der Waals surface area contributed by atoms with Gasteiger partial charge in [0.25, 0.3) is 0 Å². The molecule has 16 heavy (non-hydrogen) atoms. The van der Waals surface area contributed by atoms with E-state index in [2.05, 4.69) is 0 Å². The van der Waals surface area contributed by atoms with Crippen molar-refractivity contribution in [1.29, 1.82) is 0 Å². The SMILES string of the molecule is CCC(C)(C)C(=O)C(N)CCC(=O)N(C)C. The molecule has 0 aliphatic rings. The van der Waals surface area contributed by atoms with E-state index in [1.165, 1.54) is 4.90 Å². The lowest BCUT2D eigenvalue weighted by molar-refractivity contribution is -0.130. The van der Waals surface area contributed by atoms with Crippen molar-refractivity contribution in [1.82, 2.24) is 4.90 Å². The lowest BCUT2D eigenvalue weighted by Gasteiger charge is -2.25. The quantitative estimate of drug-likeness (QED) is 0.742. The molecule has 0 saturated carbocycles. The summed E-state index contributed by atoms with van der Waals surface area (Å²) in [4.78, 5) is 24.8. The van der Waals surface area contributed by atoms with Gasteiger partial charge in [0.2, 0.25) is 5.91 Å². The molecule has 0 bridgehead atoms. The maximum absolute atomic E-state index is 11.9. The summed E-state index contributed by atoms with van der Waals surface area (Å²) in [6, 6.07) is -0.529. The van der Waals surface area contributed by atoms with Crippen molar-refractivity contribution >= 4 is 11.7 Å². The zero-order chi connectivity index (χ0) is 12.9. The second-order valence-corrected chi connectivity index (χ2v) is 5.04. The highest BCUT2D eigenvalue weighted by molar-refractivity contribution is 5.89. The van der Waals surface area contributed by atoms with E-state index in [0.717, 1.165) is 6.42 Å². The highest BCUT2D eigenvalue weighted by Gasteiger charge is 2.30. The molecule has 0 saturated heterocycles. The van der Waals surface area contributed by atoms with Gasteiger partial charge in [0.05, 0.1) is 6.04 Å². The molecule has 0 fully saturated rings. The number of ketones is 1. The number of hydrogen-bond donors (Lipinski definition) is 1. The Labute approximate surface area is 98.2 Å². The largest absolute Gasteiger partial charge is 0.349 e. The zero-order valence-corrected chi connectivity index (χ0v) is 11.0. The van der Waals surface area contributed by atoms with E-state index in [1.807, 2.05) is 20.8 Å². The molecule has 2 N–H and O–H groups in total. The molecule has 1 atom stereocenters. The van der Waals surface area contributed by atoms with E-state index in [4.69, 9.17) is 5.73 Å². The molecule has 1 amide bonds. The Hall–Kier alpha value is -0.900. The van der Waals surface area contributed by atoms with Crippen molar-refractivity contribution in [3.63, 3.8) is 0 Å². The fourth-order valence-electron chi connectivity index (χ4n) is 1.31. The summed E-state index contributed by atoms with van der Waals surface area (Å²) in [6.45, 7) is 5.75. The van der Waals surface area contributed by atoms with Crippen LogP contribution in [0.2, 0.25) is 0 Å². The first-order valence-electron chi connectivity index (χ1n) is 5.72. The first kappa shape index (κ1) is 15.1. The van der Waals surface area contributed by atoms with Gasteiger partial charge >= 0.3 is 0 Å². The average molecular weight is 228 g/mol. The van der Waals surface area contributed by atoms with Crippen molar-refractivity contribution in [3.8, 4) is 0 Å². The van der Waals surface area contributed by atoms with Gasteiger partial charge in [-0.3, -0.25) is 9.59 Å². The molecule has 94 valence electrons. The lowest BCUT2D eigenvalue weighted by atomic mass is 9.81. The summed E-state index contributed by atoms with van der Waals surface area (Å²) in [7, 11) is 3.40. The molecule has 1 unspecified atom stereocenters. The van der Waals surface area contributed by atoms with Gasteiger partial charge in [-0.15, -0.1) is 0 Å². The molecule has 0 heterocycles. The fourth-order valence-corrected chi connectivity index (χ4v) is 1.31. The Morgan fingerprint density at radius 2 is 1.81 bits per heavy atom. The second-order valence-electron chi connectivity index (χ2n) is 5.04. The Balaban J connectivity index is 4.22. The molecule has 0 aliphatic heterocycles. The number of carbonyl (C=O) groups excluding carboxylic acids is 2. The Kier molecular flexibility index (Phi) is 5.65. The third-order valence-electron chi connectivity index (χ3n) is 3.06. The van der Waals surface area contributed by atoms with Crippen molar-refractivity contribution < 1.29 is 9.59 Å². The summed E-state index contributed by atoms with van der Waals surface area (Å²) >= 11 is 0. The summed E-state index contributed by atoms with van der Waals surface area (Å²) in [5.74, 6) is 0.0547. The fraction of sp³-hybridized carbons (Fsp3) is 0.833. The van der Waals surface area contributed by atoms with Crippen LogP contribution >= 0.6 is 0 Å². The van der Waals surface area contributed by atoms with Gasteiger partial charge in [-0.1, -0.05) is 20.8 Å². The second kappa shape index (κ2) is 5.99. The third-order valence-corrected chi connectivity index (χ3v) is 3.06. The highest BCUT2D eigenvalue weighted by atomic mass is 16.2. The van der Waals surface area contributed by atoms with Crippen LogP contribution in [-0.2, 0) is 9.59 Å². The van der Waals surface area contributed by atoms with Crippen LogP contribution in [0.5, 0.6) is 0 Å². The highest BCUT2D eigenvalue weighted by Crippen LogP contribution is 2.23. The van der Waals surface area contributed by atoms with Crippen LogP contribution in [0, 0.1) is 5.41 Å².